The summed E-state index contributed by atoms with van der Waals surface area (Å²) < 4.78 is 0. The summed E-state index contributed by atoms with van der Waals surface area (Å²) in [4.78, 5) is 9.32. The van der Waals surface area contributed by atoms with Crippen LogP contribution >= 0.6 is 23.1 Å². The van der Waals surface area contributed by atoms with Crippen molar-refractivity contribution >= 4 is 34.1 Å². The third-order valence-electron chi connectivity index (χ3n) is 3.16. The van der Waals surface area contributed by atoms with E-state index < -0.39 is 0 Å². The second-order valence-electron chi connectivity index (χ2n) is 4.98. The molecule has 2 unspecified atom stereocenters. The number of fused-ring (bicyclic) bond motifs is 1. The summed E-state index contributed by atoms with van der Waals surface area (Å²) >= 11 is 3.45. The molecule has 2 aromatic heterocycles. The van der Waals surface area contributed by atoms with Gasteiger partial charge in [-0.2, -0.15) is 0 Å². The lowest BCUT2D eigenvalue weighted by atomic mass is 10.2. The number of aromatic nitrogens is 2. The molecular weight excluding hydrogens is 286 g/mol. The largest absolute Gasteiger partial charge is 0.333 e. The molecule has 0 aliphatic rings. The van der Waals surface area contributed by atoms with Crippen molar-refractivity contribution in [2.45, 2.75) is 30.3 Å². The molecule has 1 aromatic carbocycles. The van der Waals surface area contributed by atoms with Crippen molar-refractivity contribution in [3.63, 3.8) is 0 Å². The van der Waals surface area contributed by atoms with Crippen LogP contribution in [0.4, 0.5) is 0 Å². The van der Waals surface area contributed by atoms with Crippen LogP contribution in [0.5, 0.6) is 0 Å². The van der Waals surface area contributed by atoms with Gasteiger partial charge in [0.2, 0.25) is 0 Å². The maximum Gasteiger partial charge on any atom is 0.167 e. The van der Waals surface area contributed by atoms with E-state index in [0.29, 0.717) is 0 Å². The molecule has 0 saturated heterocycles. The second-order valence-corrected chi connectivity index (χ2v) is 7.09. The molecule has 3 N–H and O–H groups in total. The van der Waals surface area contributed by atoms with Gasteiger partial charge in [-0.1, -0.05) is 23.9 Å². The average molecular weight is 303 g/mol. The van der Waals surface area contributed by atoms with E-state index in [1.165, 1.54) is 10.4 Å². The van der Waals surface area contributed by atoms with Gasteiger partial charge in [0.1, 0.15) is 0 Å². The summed E-state index contributed by atoms with van der Waals surface area (Å²) in [6, 6.07) is 10.5. The van der Waals surface area contributed by atoms with E-state index in [0.717, 1.165) is 16.2 Å². The normalized spacial score (nSPS) is 14.6. The molecule has 104 valence electrons. The Bertz CT molecular complexity index is 701. The average Bonchev–Trinajstić information content (AvgIpc) is 3.03. The van der Waals surface area contributed by atoms with E-state index in [4.69, 9.17) is 5.73 Å². The zero-order chi connectivity index (χ0) is 14.1. The molecule has 0 bridgehead atoms. The molecule has 3 rings (SSSR count). The van der Waals surface area contributed by atoms with Crippen molar-refractivity contribution in [1.82, 2.24) is 9.97 Å². The molecular formula is C15H17N3S2. The minimum atomic E-state index is 0.0774. The van der Waals surface area contributed by atoms with E-state index in [1.54, 1.807) is 23.1 Å². The molecule has 5 heteroatoms. The number of benzene rings is 1. The molecule has 0 saturated carbocycles. The maximum atomic E-state index is 6.14. The fourth-order valence-corrected chi connectivity index (χ4v) is 4.25. The van der Waals surface area contributed by atoms with Gasteiger partial charge in [-0.3, -0.25) is 0 Å². The fraction of sp³-hybridized carbons (Fsp3) is 0.267. The van der Waals surface area contributed by atoms with Gasteiger partial charge in [0.15, 0.2) is 5.16 Å². The van der Waals surface area contributed by atoms with Crippen LogP contribution in [0, 0.1) is 6.92 Å². The highest BCUT2D eigenvalue weighted by Gasteiger charge is 2.20. The number of hydrogen-bond acceptors (Lipinski definition) is 4. The number of nitrogens with two attached hydrogens (primary N) is 1. The molecule has 0 aliphatic carbocycles. The molecule has 2 atom stereocenters. The molecule has 3 aromatic rings. The first-order valence-electron chi connectivity index (χ1n) is 6.55. The minimum Gasteiger partial charge on any atom is -0.333 e. The predicted molar refractivity (Wildman–Crippen MR) is 87.4 cm³/mol. The Morgan fingerprint density at radius 1 is 1.35 bits per heavy atom. The lowest BCUT2D eigenvalue weighted by Gasteiger charge is -2.17. The summed E-state index contributed by atoms with van der Waals surface area (Å²) in [5, 5.41) is 3.26. The van der Waals surface area contributed by atoms with Crippen molar-refractivity contribution < 1.29 is 0 Å². The number of hydrogen-bond donors (Lipinski definition) is 2. The van der Waals surface area contributed by atoms with Crippen LogP contribution in [0.15, 0.2) is 40.9 Å². The van der Waals surface area contributed by atoms with Crippen LogP contribution in [0.3, 0.4) is 0 Å². The topological polar surface area (TPSA) is 54.7 Å². The first kappa shape index (κ1) is 13.7. The number of thioether (sulfide) groups is 1. The lowest BCUT2D eigenvalue weighted by molar-refractivity contribution is 0.727. The lowest BCUT2D eigenvalue weighted by Crippen LogP contribution is -2.21. The maximum absolute atomic E-state index is 6.14. The number of aryl methyl sites for hydroxylation is 1. The Labute approximate surface area is 126 Å². The first-order valence-corrected chi connectivity index (χ1v) is 8.31. The third-order valence-corrected chi connectivity index (χ3v) is 5.61. The second kappa shape index (κ2) is 5.60. The molecule has 0 amide bonds. The number of nitrogens with zero attached hydrogens (tertiary/aromatic N) is 1. The highest BCUT2D eigenvalue weighted by Crippen LogP contribution is 2.38. The summed E-state index contributed by atoms with van der Waals surface area (Å²) in [6.45, 7) is 4.13. The van der Waals surface area contributed by atoms with Gasteiger partial charge in [0.25, 0.3) is 0 Å². The van der Waals surface area contributed by atoms with Gasteiger partial charge in [-0.15, -0.1) is 11.3 Å². The SMILES string of the molecule is Cc1ccc2nc(SC(c3cccs3)C(C)N)[nH]c2c1. The first-order chi connectivity index (χ1) is 9.63. The Hall–Kier alpha value is -1.30. The van der Waals surface area contributed by atoms with Crippen molar-refractivity contribution in [3.05, 3.63) is 46.2 Å². The molecule has 0 spiro atoms. The van der Waals surface area contributed by atoms with Crippen LogP contribution in [0.1, 0.15) is 22.6 Å². The van der Waals surface area contributed by atoms with Gasteiger partial charge >= 0.3 is 0 Å². The van der Waals surface area contributed by atoms with E-state index in [1.807, 2.05) is 6.92 Å². The van der Waals surface area contributed by atoms with E-state index in [-0.39, 0.29) is 11.3 Å². The Morgan fingerprint density at radius 2 is 2.20 bits per heavy atom. The standard InChI is InChI=1S/C15H17N3S2/c1-9-5-6-11-12(8-9)18-15(17-11)20-14(10(2)16)13-4-3-7-19-13/h3-8,10,14H,16H2,1-2H3,(H,17,18). The van der Waals surface area contributed by atoms with Crippen LogP contribution in [0.25, 0.3) is 11.0 Å². The van der Waals surface area contributed by atoms with Gasteiger partial charge in [0.05, 0.1) is 16.3 Å². The zero-order valence-corrected chi connectivity index (χ0v) is 13.1. The number of thiophene rings is 1. The van der Waals surface area contributed by atoms with Crippen LogP contribution in [0.2, 0.25) is 0 Å². The minimum absolute atomic E-state index is 0.0774. The van der Waals surface area contributed by atoms with Gasteiger partial charge in [-0.25, -0.2) is 4.98 Å². The van der Waals surface area contributed by atoms with Crippen molar-refractivity contribution in [1.29, 1.82) is 0 Å². The number of nitrogens with one attached hydrogen (secondary N) is 1. The van der Waals surface area contributed by atoms with E-state index in [2.05, 4.69) is 52.6 Å². The zero-order valence-electron chi connectivity index (χ0n) is 11.5. The van der Waals surface area contributed by atoms with E-state index >= 15 is 0 Å². The number of H-pyrrole nitrogens is 1. The Balaban J connectivity index is 1.90. The van der Waals surface area contributed by atoms with Crippen molar-refractivity contribution in [2.75, 3.05) is 0 Å². The highest BCUT2D eigenvalue weighted by molar-refractivity contribution is 7.99. The summed E-state index contributed by atoms with van der Waals surface area (Å²) in [5.41, 5.74) is 9.47. The summed E-state index contributed by atoms with van der Waals surface area (Å²) in [6.07, 6.45) is 0. The van der Waals surface area contributed by atoms with Gasteiger partial charge in [0, 0.05) is 10.9 Å². The number of aromatic amines is 1. The quantitative estimate of drug-likeness (QED) is 0.713. The molecule has 0 aliphatic heterocycles. The summed E-state index contributed by atoms with van der Waals surface area (Å²) in [5.74, 6) is 0. The van der Waals surface area contributed by atoms with Crippen LogP contribution < -0.4 is 5.73 Å². The number of rotatable bonds is 4. The van der Waals surface area contributed by atoms with Crippen LogP contribution in [-0.2, 0) is 0 Å². The molecule has 20 heavy (non-hydrogen) atoms. The van der Waals surface area contributed by atoms with Gasteiger partial charge < -0.3 is 10.7 Å². The Kier molecular flexibility index (Phi) is 3.83. The van der Waals surface area contributed by atoms with E-state index in [9.17, 15) is 0 Å². The molecule has 3 nitrogen and oxygen atoms in total. The monoisotopic (exact) mass is 303 g/mol. The molecule has 2 heterocycles. The van der Waals surface area contributed by atoms with Gasteiger partial charge in [-0.05, 0) is 43.0 Å². The fourth-order valence-electron chi connectivity index (χ4n) is 2.15. The smallest absolute Gasteiger partial charge is 0.167 e. The third kappa shape index (κ3) is 2.75. The molecule has 0 fully saturated rings. The van der Waals surface area contributed by atoms with Crippen LogP contribution in [-0.4, -0.2) is 16.0 Å². The summed E-state index contributed by atoms with van der Waals surface area (Å²) in [7, 11) is 0. The van der Waals surface area contributed by atoms with Crippen molar-refractivity contribution in [3.8, 4) is 0 Å². The highest BCUT2D eigenvalue weighted by atomic mass is 32.2. The predicted octanol–water partition coefficient (Wildman–Crippen LogP) is 4.11. The Morgan fingerprint density at radius 3 is 2.90 bits per heavy atom. The number of imidazole rings is 1. The van der Waals surface area contributed by atoms with Crippen molar-refractivity contribution in [2.24, 2.45) is 5.73 Å². The molecule has 0 radical (unpaired) electrons.